The average Bonchev–Trinajstić information content (AvgIpc) is 2.03. The fourth-order valence-electron chi connectivity index (χ4n) is 0.762. The third-order valence-corrected chi connectivity index (χ3v) is 1.93. The maximum Gasteiger partial charge on any atom is 0.312 e. The topological polar surface area (TPSA) is 50.1 Å². The number of nitrogens with zero attached hydrogens (tertiary/aromatic N) is 1. The van der Waals surface area contributed by atoms with Gasteiger partial charge in [-0.2, -0.15) is 5.26 Å². The van der Waals surface area contributed by atoms with Crippen molar-refractivity contribution in [1.29, 1.82) is 5.26 Å². The average molecular weight is 155 g/mol. The van der Waals surface area contributed by atoms with Crippen molar-refractivity contribution in [1.82, 2.24) is 0 Å². The van der Waals surface area contributed by atoms with Crippen LogP contribution in [0.25, 0.3) is 0 Å². The molecule has 0 radical (unpaired) electrons. The Morgan fingerprint density at radius 2 is 2.27 bits per heavy atom. The number of carbonyl (C=O) groups is 1. The molecule has 62 valence electrons. The van der Waals surface area contributed by atoms with Crippen LogP contribution in [0.3, 0.4) is 0 Å². The predicted octanol–water partition coefficient (Wildman–Crippen LogP) is 1.49. The normalized spacial score (nSPS) is 14.7. The lowest BCUT2D eigenvalue weighted by Crippen LogP contribution is -2.27. The molecular weight excluding hydrogens is 142 g/mol. The van der Waals surface area contributed by atoms with E-state index in [0.29, 0.717) is 6.42 Å². The second-order valence-electron chi connectivity index (χ2n) is 2.74. The number of carbonyl (C=O) groups excluding carboxylic acids is 1. The molecule has 0 aliphatic carbocycles. The summed E-state index contributed by atoms with van der Waals surface area (Å²) in [5, 5.41) is 8.42. The fourth-order valence-corrected chi connectivity index (χ4v) is 0.762. The molecule has 11 heavy (non-hydrogen) atoms. The molecule has 0 amide bonds. The van der Waals surface area contributed by atoms with Crippen molar-refractivity contribution in [3.05, 3.63) is 0 Å². The van der Waals surface area contributed by atoms with E-state index in [1.807, 2.05) is 13.0 Å². The van der Waals surface area contributed by atoms with Crippen LogP contribution in [-0.4, -0.2) is 13.1 Å². The highest BCUT2D eigenvalue weighted by molar-refractivity contribution is 5.76. The minimum Gasteiger partial charge on any atom is -0.469 e. The van der Waals surface area contributed by atoms with Crippen LogP contribution in [0.2, 0.25) is 0 Å². The number of rotatable bonds is 3. The van der Waals surface area contributed by atoms with Gasteiger partial charge in [0.1, 0.15) is 0 Å². The maximum absolute atomic E-state index is 11.1. The van der Waals surface area contributed by atoms with Gasteiger partial charge in [-0.15, -0.1) is 0 Å². The highest BCUT2D eigenvalue weighted by Gasteiger charge is 2.31. The molecule has 0 aliphatic heterocycles. The molecule has 0 aromatic heterocycles. The van der Waals surface area contributed by atoms with E-state index in [1.54, 1.807) is 6.92 Å². The first-order valence-corrected chi connectivity index (χ1v) is 3.56. The van der Waals surface area contributed by atoms with Crippen LogP contribution < -0.4 is 0 Å². The molecule has 0 saturated carbocycles. The van der Waals surface area contributed by atoms with Crippen molar-refractivity contribution in [3.63, 3.8) is 0 Å². The molecule has 0 aliphatic rings. The first-order chi connectivity index (χ1) is 5.10. The Balaban J connectivity index is 4.34. The molecule has 0 fully saturated rings. The van der Waals surface area contributed by atoms with E-state index in [0.717, 1.165) is 0 Å². The third-order valence-electron chi connectivity index (χ3n) is 1.93. The molecule has 3 heteroatoms. The summed E-state index contributed by atoms with van der Waals surface area (Å²) in [5.74, 6) is -0.304. The highest BCUT2D eigenvalue weighted by Crippen LogP contribution is 2.26. The zero-order valence-corrected chi connectivity index (χ0v) is 7.18. The summed E-state index contributed by atoms with van der Waals surface area (Å²) in [5.41, 5.74) is -0.622. The standard InChI is InChI=1S/C8H13NO2/c1-4-8(2,5-6-9)7(10)11-3/h4-5H2,1-3H3. The highest BCUT2D eigenvalue weighted by atomic mass is 16.5. The summed E-state index contributed by atoms with van der Waals surface area (Å²) in [7, 11) is 1.34. The van der Waals surface area contributed by atoms with E-state index in [-0.39, 0.29) is 12.4 Å². The van der Waals surface area contributed by atoms with Crippen molar-refractivity contribution in [3.8, 4) is 6.07 Å². The zero-order valence-electron chi connectivity index (χ0n) is 7.18. The summed E-state index contributed by atoms with van der Waals surface area (Å²) >= 11 is 0. The smallest absolute Gasteiger partial charge is 0.312 e. The van der Waals surface area contributed by atoms with E-state index in [4.69, 9.17) is 5.26 Å². The number of hydrogen-bond donors (Lipinski definition) is 0. The first-order valence-electron chi connectivity index (χ1n) is 3.56. The Bertz CT molecular complexity index is 183. The fraction of sp³-hybridized carbons (Fsp3) is 0.750. The second kappa shape index (κ2) is 3.97. The second-order valence-corrected chi connectivity index (χ2v) is 2.74. The number of nitriles is 1. The summed E-state index contributed by atoms with van der Waals surface area (Å²) < 4.78 is 4.57. The molecular formula is C8H13NO2. The van der Waals surface area contributed by atoms with Crippen molar-refractivity contribution in [2.75, 3.05) is 7.11 Å². The number of methoxy groups -OCH3 is 1. The molecule has 0 aromatic rings. The van der Waals surface area contributed by atoms with Crippen LogP contribution in [0.5, 0.6) is 0 Å². The van der Waals surface area contributed by atoms with E-state index in [1.165, 1.54) is 7.11 Å². The first kappa shape index (κ1) is 9.96. The minimum absolute atomic E-state index is 0.218. The molecule has 1 atom stereocenters. The van der Waals surface area contributed by atoms with Crippen LogP contribution in [0.1, 0.15) is 26.7 Å². The van der Waals surface area contributed by atoms with Crippen LogP contribution in [0.15, 0.2) is 0 Å². The van der Waals surface area contributed by atoms with Gasteiger partial charge in [0, 0.05) is 0 Å². The molecule has 0 bridgehead atoms. The van der Waals surface area contributed by atoms with E-state index >= 15 is 0 Å². The summed E-state index contributed by atoms with van der Waals surface area (Å²) in [6.45, 7) is 3.61. The maximum atomic E-state index is 11.1. The van der Waals surface area contributed by atoms with Gasteiger partial charge in [-0.3, -0.25) is 4.79 Å². The molecule has 0 heterocycles. The van der Waals surface area contributed by atoms with Gasteiger partial charge in [-0.25, -0.2) is 0 Å². The van der Waals surface area contributed by atoms with Crippen molar-refractivity contribution < 1.29 is 9.53 Å². The minimum atomic E-state index is -0.622. The lowest BCUT2D eigenvalue weighted by atomic mass is 9.85. The van der Waals surface area contributed by atoms with Crippen LogP contribution >= 0.6 is 0 Å². The van der Waals surface area contributed by atoms with Gasteiger partial charge in [-0.1, -0.05) is 6.92 Å². The third kappa shape index (κ3) is 2.23. The molecule has 0 aromatic carbocycles. The summed E-state index contributed by atoms with van der Waals surface area (Å²) in [4.78, 5) is 11.1. The van der Waals surface area contributed by atoms with E-state index < -0.39 is 5.41 Å². The summed E-state index contributed by atoms with van der Waals surface area (Å²) in [6, 6.07) is 1.97. The molecule has 0 saturated heterocycles. The summed E-state index contributed by atoms with van der Waals surface area (Å²) in [6.07, 6.45) is 0.851. The van der Waals surface area contributed by atoms with Crippen LogP contribution in [-0.2, 0) is 9.53 Å². The van der Waals surface area contributed by atoms with Crippen LogP contribution in [0, 0.1) is 16.7 Å². The number of hydrogen-bond acceptors (Lipinski definition) is 3. The van der Waals surface area contributed by atoms with Gasteiger partial charge in [0.25, 0.3) is 0 Å². The van der Waals surface area contributed by atoms with E-state index in [2.05, 4.69) is 4.74 Å². The Morgan fingerprint density at radius 3 is 2.55 bits per heavy atom. The van der Waals surface area contributed by atoms with Gasteiger partial charge in [-0.05, 0) is 13.3 Å². The molecule has 3 nitrogen and oxygen atoms in total. The van der Waals surface area contributed by atoms with Crippen molar-refractivity contribution in [2.45, 2.75) is 26.7 Å². The van der Waals surface area contributed by atoms with E-state index in [9.17, 15) is 4.79 Å². The molecule has 0 spiro atoms. The lowest BCUT2D eigenvalue weighted by Gasteiger charge is -2.20. The Kier molecular flexibility index (Phi) is 3.59. The van der Waals surface area contributed by atoms with Gasteiger partial charge in [0.2, 0.25) is 0 Å². The Labute approximate surface area is 67.0 Å². The number of esters is 1. The number of ether oxygens (including phenoxy) is 1. The van der Waals surface area contributed by atoms with Crippen molar-refractivity contribution >= 4 is 5.97 Å². The van der Waals surface area contributed by atoms with Gasteiger partial charge < -0.3 is 4.74 Å². The van der Waals surface area contributed by atoms with Gasteiger partial charge in [0.05, 0.1) is 25.0 Å². The molecule has 0 N–H and O–H groups in total. The van der Waals surface area contributed by atoms with Gasteiger partial charge in [0.15, 0.2) is 0 Å². The SMILES string of the molecule is CCC(C)(CC#N)C(=O)OC. The predicted molar refractivity (Wildman–Crippen MR) is 40.6 cm³/mol. The van der Waals surface area contributed by atoms with Crippen LogP contribution in [0.4, 0.5) is 0 Å². The Morgan fingerprint density at radius 1 is 1.73 bits per heavy atom. The molecule has 0 rings (SSSR count). The Hall–Kier alpha value is -1.04. The van der Waals surface area contributed by atoms with Crippen molar-refractivity contribution in [2.24, 2.45) is 5.41 Å². The van der Waals surface area contributed by atoms with Gasteiger partial charge >= 0.3 is 5.97 Å². The molecule has 1 unspecified atom stereocenters. The monoisotopic (exact) mass is 155 g/mol. The quantitative estimate of drug-likeness (QED) is 0.580. The lowest BCUT2D eigenvalue weighted by molar-refractivity contribution is -0.151. The zero-order chi connectivity index (χ0) is 8.91. The largest absolute Gasteiger partial charge is 0.469 e.